The normalized spacial score (nSPS) is 12.2. The largest absolute Gasteiger partial charge is 0.360 e. The molecule has 0 aliphatic carbocycles. The van der Waals surface area contributed by atoms with Crippen molar-refractivity contribution in [3.63, 3.8) is 0 Å². The van der Waals surface area contributed by atoms with Gasteiger partial charge in [0, 0.05) is 6.61 Å². The van der Waals surface area contributed by atoms with Crippen molar-refractivity contribution in [2.75, 3.05) is 6.61 Å². The van der Waals surface area contributed by atoms with Crippen LogP contribution < -0.4 is 0 Å². The summed E-state index contributed by atoms with van der Waals surface area (Å²) in [5, 5.41) is 0. The van der Waals surface area contributed by atoms with Crippen LogP contribution in [0.25, 0.3) is 0 Å². The summed E-state index contributed by atoms with van der Waals surface area (Å²) in [6.07, 6.45) is 3.20. The van der Waals surface area contributed by atoms with E-state index in [1.807, 2.05) is 6.08 Å². The van der Waals surface area contributed by atoms with Gasteiger partial charge in [0.05, 0.1) is 0 Å². The highest BCUT2D eigenvalue weighted by Crippen LogP contribution is 2.12. The van der Waals surface area contributed by atoms with Crippen molar-refractivity contribution in [3.8, 4) is 0 Å². The van der Waals surface area contributed by atoms with E-state index in [0.29, 0.717) is 0 Å². The molecule has 1 rings (SSSR count). The van der Waals surface area contributed by atoms with Gasteiger partial charge in [0.15, 0.2) is 5.44 Å². The minimum atomic E-state index is -4.00. The molecule has 0 radical (unpaired) electrons. The third kappa shape index (κ3) is 7.41. The summed E-state index contributed by atoms with van der Waals surface area (Å²) < 4.78 is 33.9. The number of hydrogen-bond donors (Lipinski definition) is 1. The van der Waals surface area contributed by atoms with Gasteiger partial charge in [0.2, 0.25) is 0 Å². The summed E-state index contributed by atoms with van der Waals surface area (Å²) in [6, 6.07) is 6.40. The molecule has 1 aromatic carbocycles. The quantitative estimate of drug-likeness (QED) is 0.642. The molecule has 0 aromatic heterocycles. The highest BCUT2D eigenvalue weighted by atomic mass is 32.2. The van der Waals surface area contributed by atoms with Gasteiger partial charge in [-0.15, -0.1) is 6.58 Å². The van der Waals surface area contributed by atoms with Crippen LogP contribution in [0.15, 0.2) is 30.9 Å². The molecule has 0 saturated carbocycles. The van der Waals surface area contributed by atoms with Crippen LogP contribution in [-0.4, -0.2) is 25.0 Å². The molecule has 21 heavy (non-hydrogen) atoms. The maximum Gasteiger partial charge on any atom is 0.292 e. The first-order valence-electron chi connectivity index (χ1n) is 7.01. The van der Waals surface area contributed by atoms with Crippen LogP contribution in [0.5, 0.6) is 0 Å². The molecule has 1 N–H and O–H groups in total. The number of ether oxygens (including phenoxy) is 1. The first-order valence-corrected chi connectivity index (χ1v) is 8.52. The number of benzene rings is 1. The predicted molar refractivity (Wildman–Crippen MR) is 87.1 cm³/mol. The van der Waals surface area contributed by atoms with Crippen molar-refractivity contribution in [1.82, 2.24) is 0 Å². The fourth-order valence-electron chi connectivity index (χ4n) is 1.79. The molecule has 0 amide bonds. The molecule has 0 heterocycles. The zero-order valence-electron chi connectivity index (χ0n) is 13.3. The zero-order chi connectivity index (χ0) is 16.5. The molecule has 0 fully saturated rings. The monoisotopic (exact) mass is 314 g/mol. The molecule has 5 heteroatoms. The van der Waals surface area contributed by atoms with E-state index in [4.69, 9.17) is 9.29 Å². The van der Waals surface area contributed by atoms with Crippen molar-refractivity contribution in [2.45, 2.75) is 46.0 Å². The second-order valence-corrected chi connectivity index (χ2v) is 6.22. The van der Waals surface area contributed by atoms with E-state index < -0.39 is 15.6 Å². The summed E-state index contributed by atoms with van der Waals surface area (Å²) in [4.78, 5) is 0. The molecule has 0 aliphatic rings. The standard InChI is InChI=1S/C11H14.C5H12O4S/c1-4-6-11-8-5-7-9(2)10(11)3;1-3-5(9-4-2)10(6,7)8/h4-5,7-8H,1,6H2,2-3H3;5H,3-4H2,1-2H3,(H,6,7,8). The topological polar surface area (TPSA) is 63.6 Å². The van der Waals surface area contributed by atoms with E-state index in [0.717, 1.165) is 6.42 Å². The Morgan fingerprint density at radius 1 is 1.33 bits per heavy atom. The van der Waals surface area contributed by atoms with E-state index in [9.17, 15) is 8.42 Å². The Bertz CT molecular complexity index is 535. The van der Waals surface area contributed by atoms with Crippen LogP contribution >= 0.6 is 0 Å². The maximum atomic E-state index is 10.4. The Labute approximate surface area is 128 Å². The van der Waals surface area contributed by atoms with E-state index in [-0.39, 0.29) is 13.0 Å². The van der Waals surface area contributed by atoms with Crippen LogP contribution in [0.2, 0.25) is 0 Å². The lowest BCUT2D eigenvalue weighted by Gasteiger charge is -2.09. The van der Waals surface area contributed by atoms with Gasteiger partial charge in [-0.2, -0.15) is 8.42 Å². The first-order chi connectivity index (χ1) is 9.77. The first kappa shape index (κ1) is 19.8. The minimum Gasteiger partial charge on any atom is -0.360 e. The molecule has 0 spiro atoms. The van der Waals surface area contributed by atoms with Crippen LogP contribution in [0.3, 0.4) is 0 Å². The molecule has 0 bridgehead atoms. The molecule has 1 unspecified atom stereocenters. The fourth-order valence-corrected chi connectivity index (χ4v) is 2.52. The van der Waals surface area contributed by atoms with Crippen LogP contribution in [0.4, 0.5) is 0 Å². The Morgan fingerprint density at radius 2 is 1.95 bits per heavy atom. The summed E-state index contributed by atoms with van der Waals surface area (Å²) in [6.45, 7) is 11.6. The zero-order valence-corrected chi connectivity index (χ0v) is 14.1. The van der Waals surface area contributed by atoms with Crippen molar-refractivity contribution in [1.29, 1.82) is 0 Å². The average Bonchev–Trinajstić information content (AvgIpc) is 2.41. The Morgan fingerprint density at radius 3 is 2.33 bits per heavy atom. The van der Waals surface area contributed by atoms with Crippen molar-refractivity contribution in [2.24, 2.45) is 0 Å². The van der Waals surface area contributed by atoms with Gasteiger partial charge in [0.25, 0.3) is 10.1 Å². The number of rotatable bonds is 6. The van der Waals surface area contributed by atoms with Gasteiger partial charge < -0.3 is 4.74 Å². The molecule has 1 aromatic rings. The van der Waals surface area contributed by atoms with Gasteiger partial charge in [-0.3, -0.25) is 4.55 Å². The van der Waals surface area contributed by atoms with E-state index in [2.05, 4.69) is 38.6 Å². The highest BCUT2D eigenvalue weighted by Gasteiger charge is 2.20. The molecule has 0 saturated heterocycles. The van der Waals surface area contributed by atoms with Crippen molar-refractivity contribution in [3.05, 3.63) is 47.5 Å². The van der Waals surface area contributed by atoms with Gasteiger partial charge in [-0.25, -0.2) is 0 Å². The Balaban J connectivity index is 0.000000384. The number of hydrogen-bond acceptors (Lipinski definition) is 3. The highest BCUT2D eigenvalue weighted by molar-refractivity contribution is 7.86. The lowest BCUT2D eigenvalue weighted by molar-refractivity contribution is 0.108. The minimum absolute atomic E-state index is 0.271. The van der Waals surface area contributed by atoms with Gasteiger partial charge in [-0.05, 0) is 50.3 Å². The molecular formula is C16H26O4S. The second-order valence-electron chi connectivity index (χ2n) is 4.66. The fraction of sp³-hybridized carbons (Fsp3) is 0.500. The van der Waals surface area contributed by atoms with E-state index in [1.165, 1.54) is 16.7 Å². The van der Waals surface area contributed by atoms with Crippen molar-refractivity contribution >= 4 is 10.1 Å². The second kappa shape index (κ2) is 9.71. The van der Waals surface area contributed by atoms with Crippen LogP contribution in [0, 0.1) is 13.8 Å². The smallest absolute Gasteiger partial charge is 0.292 e. The van der Waals surface area contributed by atoms with Crippen LogP contribution in [0.1, 0.15) is 37.0 Å². The number of aryl methyl sites for hydroxylation is 1. The third-order valence-electron chi connectivity index (χ3n) is 3.10. The summed E-state index contributed by atoms with van der Waals surface area (Å²) in [7, 11) is -4.00. The third-order valence-corrected chi connectivity index (χ3v) is 4.23. The van der Waals surface area contributed by atoms with Gasteiger partial charge in [-0.1, -0.05) is 31.2 Å². The van der Waals surface area contributed by atoms with Gasteiger partial charge >= 0.3 is 0 Å². The molecule has 4 nitrogen and oxygen atoms in total. The molecule has 0 aliphatic heterocycles. The van der Waals surface area contributed by atoms with Gasteiger partial charge in [0.1, 0.15) is 0 Å². The lowest BCUT2D eigenvalue weighted by Crippen LogP contribution is -2.22. The SMILES string of the molecule is C=CCc1cccc(C)c1C.CCOC(CC)S(=O)(=O)O. The Kier molecular flexibility index (Phi) is 9.17. The van der Waals surface area contributed by atoms with E-state index >= 15 is 0 Å². The Hall–Kier alpha value is -1.17. The average molecular weight is 314 g/mol. The lowest BCUT2D eigenvalue weighted by atomic mass is 10.0. The number of allylic oxidation sites excluding steroid dienone is 1. The van der Waals surface area contributed by atoms with E-state index in [1.54, 1.807) is 13.8 Å². The summed E-state index contributed by atoms with van der Waals surface area (Å²) in [5.41, 5.74) is 3.09. The summed E-state index contributed by atoms with van der Waals surface area (Å²) >= 11 is 0. The van der Waals surface area contributed by atoms with Crippen LogP contribution in [-0.2, 0) is 21.3 Å². The molecule has 120 valence electrons. The summed E-state index contributed by atoms with van der Waals surface area (Å²) in [5.74, 6) is 0. The molecule has 1 atom stereocenters. The maximum absolute atomic E-state index is 10.4. The molecular weight excluding hydrogens is 288 g/mol. The van der Waals surface area contributed by atoms with Crippen molar-refractivity contribution < 1.29 is 17.7 Å². The predicted octanol–water partition coefficient (Wildman–Crippen LogP) is 3.68.